The summed E-state index contributed by atoms with van der Waals surface area (Å²) in [6.45, 7) is 0. The molecule has 2 aromatic heterocycles. The average molecular weight is 233 g/mol. The SMILES string of the molecule is CSc1nc2nnc(CCl)nc2s1. The zero-order chi connectivity index (χ0) is 9.26. The molecule has 68 valence electrons. The first-order chi connectivity index (χ1) is 6.33. The molecule has 0 unspecified atom stereocenters. The smallest absolute Gasteiger partial charge is 0.212 e. The van der Waals surface area contributed by atoms with Gasteiger partial charge in [0.25, 0.3) is 0 Å². The second-order valence-electron chi connectivity index (χ2n) is 2.17. The van der Waals surface area contributed by atoms with Gasteiger partial charge in [0.1, 0.15) is 0 Å². The van der Waals surface area contributed by atoms with Gasteiger partial charge in [0.2, 0.25) is 5.65 Å². The predicted molar refractivity (Wildman–Crippen MR) is 54.3 cm³/mol. The third kappa shape index (κ3) is 1.74. The summed E-state index contributed by atoms with van der Waals surface area (Å²) in [7, 11) is 0. The van der Waals surface area contributed by atoms with Gasteiger partial charge in [-0.15, -0.1) is 21.8 Å². The maximum Gasteiger partial charge on any atom is 0.212 e. The Labute approximate surface area is 87.8 Å². The van der Waals surface area contributed by atoms with E-state index >= 15 is 0 Å². The lowest BCUT2D eigenvalue weighted by Crippen LogP contribution is -1.93. The highest BCUT2D eigenvalue weighted by Crippen LogP contribution is 2.24. The van der Waals surface area contributed by atoms with Crippen molar-refractivity contribution in [2.45, 2.75) is 10.2 Å². The molecule has 13 heavy (non-hydrogen) atoms. The van der Waals surface area contributed by atoms with Gasteiger partial charge in [-0.1, -0.05) is 23.1 Å². The number of fused-ring (bicyclic) bond motifs is 1. The Morgan fingerprint density at radius 2 is 2.23 bits per heavy atom. The molecule has 0 aromatic carbocycles. The van der Waals surface area contributed by atoms with E-state index in [4.69, 9.17) is 11.6 Å². The maximum absolute atomic E-state index is 5.58. The summed E-state index contributed by atoms with van der Waals surface area (Å²) in [5.41, 5.74) is 0.600. The molecule has 2 rings (SSSR count). The van der Waals surface area contributed by atoms with Crippen LogP contribution in [0.3, 0.4) is 0 Å². The Morgan fingerprint density at radius 1 is 1.38 bits per heavy atom. The van der Waals surface area contributed by atoms with Crippen LogP contribution in [-0.2, 0) is 5.88 Å². The van der Waals surface area contributed by atoms with Gasteiger partial charge in [0.05, 0.1) is 5.88 Å². The summed E-state index contributed by atoms with van der Waals surface area (Å²) in [6.07, 6.45) is 1.97. The van der Waals surface area contributed by atoms with Crippen LogP contribution in [-0.4, -0.2) is 26.4 Å². The van der Waals surface area contributed by atoms with Crippen LogP contribution < -0.4 is 0 Å². The largest absolute Gasteiger partial charge is 0.215 e. The Hall–Kier alpha value is -0.460. The lowest BCUT2D eigenvalue weighted by atomic mass is 10.7. The fourth-order valence-corrected chi connectivity index (χ4v) is 2.30. The molecule has 0 N–H and O–H groups in total. The highest BCUT2D eigenvalue weighted by Gasteiger charge is 2.06. The molecule has 0 amide bonds. The molecule has 7 heteroatoms. The van der Waals surface area contributed by atoms with E-state index < -0.39 is 0 Å². The van der Waals surface area contributed by atoms with Gasteiger partial charge in [-0.25, -0.2) is 9.97 Å². The second kappa shape index (κ2) is 3.73. The van der Waals surface area contributed by atoms with E-state index in [0.717, 1.165) is 9.17 Å². The van der Waals surface area contributed by atoms with Crippen molar-refractivity contribution in [2.24, 2.45) is 0 Å². The molecule has 0 radical (unpaired) electrons. The van der Waals surface area contributed by atoms with Crippen LogP contribution in [0.15, 0.2) is 4.34 Å². The van der Waals surface area contributed by atoms with E-state index in [0.29, 0.717) is 11.5 Å². The highest BCUT2D eigenvalue weighted by atomic mass is 35.5. The molecule has 0 saturated carbocycles. The molecule has 0 fully saturated rings. The molecular weight excluding hydrogens is 228 g/mol. The van der Waals surface area contributed by atoms with Crippen LogP contribution in [0.4, 0.5) is 0 Å². The Kier molecular flexibility index (Phi) is 2.61. The normalized spacial score (nSPS) is 10.9. The van der Waals surface area contributed by atoms with Crippen LogP contribution in [0.1, 0.15) is 5.82 Å². The van der Waals surface area contributed by atoms with Crippen LogP contribution in [0.2, 0.25) is 0 Å². The minimum absolute atomic E-state index is 0.287. The number of alkyl halides is 1. The van der Waals surface area contributed by atoms with E-state index in [2.05, 4.69) is 20.2 Å². The quantitative estimate of drug-likeness (QED) is 0.585. The van der Waals surface area contributed by atoms with E-state index in [1.54, 1.807) is 11.8 Å². The molecule has 0 saturated heterocycles. The van der Waals surface area contributed by atoms with E-state index in [9.17, 15) is 0 Å². The molecular formula is C6H5ClN4S2. The van der Waals surface area contributed by atoms with Gasteiger partial charge in [0, 0.05) is 0 Å². The highest BCUT2D eigenvalue weighted by molar-refractivity contribution is 8.00. The van der Waals surface area contributed by atoms with Crippen LogP contribution in [0, 0.1) is 0 Å². The average Bonchev–Trinajstić information content (AvgIpc) is 2.58. The predicted octanol–water partition coefficient (Wildman–Crippen LogP) is 1.94. The zero-order valence-electron chi connectivity index (χ0n) is 6.69. The summed E-state index contributed by atoms with van der Waals surface area (Å²) in [5.74, 6) is 0.834. The van der Waals surface area contributed by atoms with E-state index in [1.807, 2.05) is 6.26 Å². The van der Waals surface area contributed by atoms with Gasteiger partial charge in [0.15, 0.2) is 15.0 Å². The first kappa shape index (κ1) is 9.11. The lowest BCUT2D eigenvalue weighted by Gasteiger charge is -1.88. The number of hydrogen-bond acceptors (Lipinski definition) is 6. The molecule has 0 aliphatic carbocycles. The topological polar surface area (TPSA) is 51.6 Å². The Balaban J connectivity index is 2.57. The first-order valence-corrected chi connectivity index (χ1v) is 6.01. The summed E-state index contributed by atoms with van der Waals surface area (Å²) >= 11 is 8.66. The standard InChI is InChI=1S/C6H5ClN4S2/c1-12-6-9-4-5(13-6)8-3(2-7)10-11-4/h2H2,1H3. The number of halogens is 1. The second-order valence-corrected chi connectivity index (χ2v) is 4.47. The molecule has 2 heterocycles. The van der Waals surface area contributed by atoms with Crippen molar-refractivity contribution in [3.8, 4) is 0 Å². The van der Waals surface area contributed by atoms with Gasteiger partial charge in [-0.3, -0.25) is 0 Å². The molecule has 0 spiro atoms. The number of aromatic nitrogens is 4. The maximum atomic E-state index is 5.58. The number of hydrogen-bond donors (Lipinski definition) is 0. The third-order valence-electron chi connectivity index (χ3n) is 1.36. The van der Waals surface area contributed by atoms with Crippen molar-refractivity contribution in [2.75, 3.05) is 6.26 Å². The minimum atomic E-state index is 0.287. The van der Waals surface area contributed by atoms with Gasteiger partial charge < -0.3 is 0 Å². The van der Waals surface area contributed by atoms with Crippen molar-refractivity contribution in [3.05, 3.63) is 5.82 Å². The lowest BCUT2D eigenvalue weighted by molar-refractivity contribution is 0.929. The molecule has 0 aliphatic rings. The Morgan fingerprint density at radius 3 is 2.92 bits per heavy atom. The zero-order valence-corrected chi connectivity index (χ0v) is 9.08. The molecule has 4 nitrogen and oxygen atoms in total. The van der Waals surface area contributed by atoms with Crippen molar-refractivity contribution in [1.82, 2.24) is 20.2 Å². The Bertz CT molecular complexity index is 427. The van der Waals surface area contributed by atoms with Crippen LogP contribution in [0.25, 0.3) is 10.5 Å². The van der Waals surface area contributed by atoms with E-state index in [1.165, 1.54) is 11.3 Å². The third-order valence-corrected chi connectivity index (χ3v) is 3.52. The fraction of sp³-hybridized carbons (Fsp3) is 0.333. The summed E-state index contributed by atoms with van der Waals surface area (Å²) < 4.78 is 0.948. The van der Waals surface area contributed by atoms with Gasteiger partial charge >= 0.3 is 0 Å². The van der Waals surface area contributed by atoms with E-state index in [-0.39, 0.29) is 5.88 Å². The number of nitrogens with zero attached hydrogens (tertiary/aromatic N) is 4. The number of thioether (sulfide) groups is 1. The summed E-state index contributed by atoms with van der Waals surface area (Å²) in [6, 6.07) is 0. The molecule has 0 atom stereocenters. The summed E-state index contributed by atoms with van der Waals surface area (Å²) in [4.78, 5) is 9.21. The van der Waals surface area contributed by atoms with Crippen molar-refractivity contribution in [1.29, 1.82) is 0 Å². The van der Waals surface area contributed by atoms with Crippen molar-refractivity contribution in [3.63, 3.8) is 0 Å². The van der Waals surface area contributed by atoms with Crippen molar-refractivity contribution < 1.29 is 0 Å². The monoisotopic (exact) mass is 232 g/mol. The van der Waals surface area contributed by atoms with Crippen LogP contribution >= 0.6 is 34.7 Å². The summed E-state index contributed by atoms with van der Waals surface area (Å²) in [5, 5.41) is 7.72. The molecule has 0 aliphatic heterocycles. The van der Waals surface area contributed by atoms with Crippen molar-refractivity contribution >= 4 is 45.2 Å². The first-order valence-electron chi connectivity index (χ1n) is 3.43. The molecule has 2 aromatic rings. The molecule has 0 bridgehead atoms. The number of thiazole rings is 1. The van der Waals surface area contributed by atoms with Gasteiger partial charge in [-0.2, -0.15) is 0 Å². The number of rotatable bonds is 2. The van der Waals surface area contributed by atoms with Crippen LogP contribution in [0.5, 0.6) is 0 Å². The van der Waals surface area contributed by atoms with Gasteiger partial charge in [-0.05, 0) is 6.26 Å². The fourth-order valence-electron chi connectivity index (χ4n) is 0.812. The minimum Gasteiger partial charge on any atom is -0.215 e.